The molecule has 1 aliphatic rings. The Kier molecular flexibility index (Phi) is 5.05. The lowest BCUT2D eigenvalue weighted by Gasteiger charge is -2.20. The number of rotatable bonds is 5. The monoisotopic (exact) mass is 465 g/mol. The average molecular weight is 466 g/mol. The Morgan fingerprint density at radius 1 is 1.24 bits per heavy atom. The van der Waals surface area contributed by atoms with Gasteiger partial charge in [-0.2, -0.15) is 0 Å². The van der Waals surface area contributed by atoms with Gasteiger partial charge in [-0.25, -0.2) is 24.0 Å². The van der Waals surface area contributed by atoms with E-state index in [1.807, 2.05) is 13.0 Å². The van der Waals surface area contributed by atoms with Gasteiger partial charge < -0.3 is 10.6 Å². The molecule has 5 rings (SSSR count). The number of aromatic nitrogens is 4. The molecule has 1 saturated carbocycles. The molecule has 2 atom stereocenters. The third kappa shape index (κ3) is 3.70. The van der Waals surface area contributed by atoms with Crippen molar-refractivity contribution >= 4 is 22.5 Å². The zero-order valence-corrected chi connectivity index (χ0v) is 18.8. The fraction of sp³-hybridized carbons (Fsp3) is 0.250. The molecule has 0 unspecified atom stereocenters. The summed E-state index contributed by atoms with van der Waals surface area (Å²) in [6.07, 6.45) is 2.22. The van der Waals surface area contributed by atoms with Crippen LogP contribution in [-0.4, -0.2) is 26.2 Å². The number of ether oxygens (including phenoxy) is 1. The molecule has 2 aromatic carbocycles. The molecule has 1 fully saturated rings. The fourth-order valence-electron chi connectivity index (χ4n) is 4.36. The highest BCUT2D eigenvalue weighted by Gasteiger charge is 2.59. The highest BCUT2D eigenvalue weighted by atomic mass is 35.5. The predicted molar refractivity (Wildman–Crippen MR) is 124 cm³/mol. The van der Waals surface area contributed by atoms with Crippen molar-refractivity contribution in [2.75, 3.05) is 12.4 Å². The van der Waals surface area contributed by atoms with E-state index in [1.54, 1.807) is 37.4 Å². The van der Waals surface area contributed by atoms with Crippen LogP contribution in [0.2, 0.25) is 5.02 Å². The first-order valence-electron chi connectivity index (χ1n) is 10.4. The van der Waals surface area contributed by atoms with Crippen molar-refractivity contribution in [2.45, 2.75) is 31.6 Å². The smallest absolute Gasteiger partial charge is 0.279 e. The van der Waals surface area contributed by atoms with Crippen molar-refractivity contribution in [3.05, 3.63) is 92.8 Å². The number of nitrogens with zero attached hydrogens (tertiary/aromatic N) is 4. The Balaban J connectivity index is 1.57. The van der Waals surface area contributed by atoms with E-state index in [0.29, 0.717) is 45.4 Å². The van der Waals surface area contributed by atoms with E-state index in [4.69, 9.17) is 22.2 Å². The van der Waals surface area contributed by atoms with Crippen LogP contribution in [-0.2, 0) is 5.41 Å². The minimum atomic E-state index is -0.611. The SMILES string of the molecule is Cc1ncc(OC[C@@]2(c3cccc(F)c3)C[C@H]2c2nc3ccc(Cl)cc3c(=O)n2N)c(C)n1. The van der Waals surface area contributed by atoms with Gasteiger partial charge in [0.2, 0.25) is 0 Å². The molecule has 0 saturated heterocycles. The number of aryl methyl sites for hydroxylation is 2. The van der Waals surface area contributed by atoms with E-state index >= 15 is 0 Å². The Hall–Kier alpha value is -3.52. The molecule has 2 aromatic heterocycles. The molecule has 4 aromatic rings. The van der Waals surface area contributed by atoms with Crippen LogP contribution in [0.3, 0.4) is 0 Å². The molecule has 33 heavy (non-hydrogen) atoms. The molecule has 9 heteroatoms. The van der Waals surface area contributed by atoms with Crippen LogP contribution >= 0.6 is 11.6 Å². The first-order chi connectivity index (χ1) is 15.8. The summed E-state index contributed by atoms with van der Waals surface area (Å²) in [5, 5.41) is 0.771. The second-order valence-corrected chi connectivity index (χ2v) is 8.82. The number of fused-ring (bicyclic) bond motifs is 1. The van der Waals surface area contributed by atoms with Gasteiger partial charge in [0, 0.05) is 16.4 Å². The van der Waals surface area contributed by atoms with Gasteiger partial charge >= 0.3 is 0 Å². The van der Waals surface area contributed by atoms with Gasteiger partial charge in [0.25, 0.3) is 5.56 Å². The third-order valence-electron chi connectivity index (χ3n) is 6.22. The number of hydrogen-bond donors (Lipinski definition) is 1. The van der Waals surface area contributed by atoms with E-state index < -0.39 is 5.41 Å². The number of nitrogens with two attached hydrogens (primary N) is 1. The second kappa shape index (κ2) is 7.81. The van der Waals surface area contributed by atoms with E-state index in [2.05, 4.69) is 15.0 Å². The van der Waals surface area contributed by atoms with E-state index in [1.165, 1.54) is 12.1 Å². The Bertz CT molecular complexity index is 1460. The van der Waals surface area contributed by atoms with Crippen molar-refractivity contribution in [1.82, 2.24) is 19.6 Å². The Labute approximate surface area is 194 Å². The average Bonchev–Trinajstić information content (AvgIpc) is 3.51. The predicted octanol–water partition coefficient (Wildman–Crippen LogP) is 3.81. The van der Waals surface area contributed by atoms with Crippen LogP contribution in [0.5, 0.6) is 5.75 Å². The summed E-state index contributed by atoms with van der Waals surface area (Å²) >= 11 is 6.04. The maximum atomic E-state index is 14.1. The Morgan fingerprint density at radius 3 is 2.82 bits per heavy atom. The van der Waals surface area contributed by atoms with Gasteiger partial charge in [0.15, 0.2) is 5.75 Å². The molecule has 2 heterocycles. The molecule has 2 N–H and O–H groups in total. The van der Waals surface area contributed by atoms with Crippen LogP contribution in [0.15, 0.2) is 53.5 Å². The highest BCUT2D eigenvalue weighted by Crippen LogP contribution is 2.60. The van der Waals surface area contributed by atoms with Gasteiger partial charge in [-0.1, -0.05) is 23.7 Å². The molecular formula is C24H21ClFN5O2. The zero-order chi connectivity index (χ0) is 23.3. The van der Waals surface area contributed by atoms with Gasteiger partial charge in [-0.05, 0) is 56.2 Å². The molecule has 7 nitrogen and oxygen atoms in total. The van der Waals surface area contributed by atoms with Crippen LogP contribution in [0, 0.1) is 19.7 Å². The molecule has 168 valence electrons. The van der Waals surface area contributed by atoms with Gasteiger partial charge in [-0.3, -0.25) is 4.79 Å². The van der Waals surface area contributed by atoms with Crippen LogP contribution in [0.1, 0.15) is 35.2 Å². The lowest BCUT2D eigenvalue weighted by molar-refractivity contribution is 0.268. The lowest BCUT2D eigenvalue weighted by atomic mass is 9.93. The van der Waals surface area contributed by atoms with Crippen molar-refractivity contribution in [3.63, 3.8) is 0 Å². The minimum absolute atomic E-state index is 0.225. The summed E-state index contributed by atoms with van der Waals surface area (Å²) in [5.41, 5.74) is 0.973. The van der Waals surface area contributed by atoms with Crippen molar-refractivity contribution < 1.29 is 9.13 Å². The van der Waals surface area contributed by atoms with Crippen molar-refractivity contribution in [1.29, 1.82) is 0 Å². The fourth-order valence-corrected chi connectivity index (χ4v) is 4.53. The van der Waals surface area contributed by atoms with Gasteiger partial charge in [0.05, 0.1) is 29.4 Å². The molecular weight excluding hydrogens is 445 g/mol. The van der Waals surface area contributed by atoms with E-state index in [-0.39, 0.29) is 23.9 Å². The van der Waals surface area contributed by atoms with Gasteiger partial charge in [0.1, 0.15) is 17.5 Å². The maximum Gasteiger partial charge on any atom is 0.279 e. The van der Waals surface area contributed by atoms with Crippen LogP contribution in [0.4, 0.5) is 4.39 Å². The summed E-state index contributed by atoms with van der Waals surface area (Å²) in [4.78, 5) is 26.1. The third-order valence-corrected chi connectivity index (χ3v) is 6.45. The summed E-state index contributed by atoms with van der Waals surface area (Å²) in [7, 11) is 0. The van der Waals surface area contributed by atoms with E-state index in [9.17, 15) is 9.18 Å². The molecule has 0 aliphatic heterocycles. The second-order valence-electron chi connectivity index (χ2n) is 8.39. The quantitative estimate of drug-likeness (QED) is 0.450. The number of halogens is 2. The van der Waals surface area contributed by atoms with Crippen LogP contribution < -0.4 is 16.1 Å². The normalized spacial score (nSPS) is 19.6. The number of nitrogen functional groups attached to an aromatic ring is 1. The summed E-state index contributed by atoms with van der Waals surface area (Å²) in [5.74, 6) is 7.20. The standard InChI is InChI=1S/C24H21ClFN5O2/c1-13-21(11-28-14(2)29-13)33-12-24(15-4-3-5-17(26)8-15)10-19(24)22-30-20-7-6-16(25)9-18(20)23(32)31(22)27/h3-9,11,19H,10,12,27H2,1-2H3/t19-,24+/m0/s1. The van der Waals surface area contributed by atoms with Gasteiger partial charge in [-0.15, -0.1) is 0 Å². The Morgan fingerprint density at radius 2 is 2.06 bits per heavy atom. The maximum absolute atomic E-state index is 14.1. The lowest BCUT2D eigenvalue weighted by Crippen LogP contribution is -2.33. The van der Waals surface area contributed by atoms with Crippen LogP contribution in [0.25, 0.3) is 10.9 Å². The summed E-state index contributed by atoms with van der Waals surface area (Å²) in [6.45, 7) is 3.88. The molecule has 0 bridgehead atoms. The molecule has 0 amide bonds. The highest BCUT2D eigenvalue weighted by molar-refractivity contribution is 6.31. The van der Waals surface area contributed by atoms with Crippen molar-refractivity contribution in [2.24, 2.45) is 0 Å². The summed E-state index contributed by atoms with van der Waals surface area (Å²) in [6, 6.07) is 11.3. The topological polar surface area (TPSA) is 95.9 Å². The minimum Gasteiger partial charge on any atom is -0.489 e. The zero-order valence-electron chi connectivity index (χ0n) is 18.0. The summed E-state index contributed by atoms with van der Waals surface area (Å²) < 4.78 is 21.3. The van der Waals surface area contributed by atoms with Crippen molar-refractivity contribution in [3.8, 4) is 5.75 Å². The molecule has 0 radical (unpaired) electrons. The number of benzene rings is 2. The first kappa shape index (κ1) is 21.3. The molecule has 1 aliphatic carbocycles. The number of hydrogen-bond acceptors (Lipinski definition) is 6. The molecule has 0 spiro atoms. The first-order valence-corrected chi connectivity index (χ1v) is 10.8. The van der Waals surface area contributed by atoms with E-state index in [0.717, 1.165) is 10.2 Å². The largest absolute Gasteiger partial charge is 0.489 e.